The van der Waals surface area contributed by atoms with Gasteiger partial charge in [-0.3, -0.25) is 0 Å². The monoisotopic (exact) mass is 82.1 g/mol. The minimum absolute atomic E-state index is 1.14. The molecule has 0 spiro atoms. The Bertz CT molecular complexity index is 66.3. The fraction of sp³-hybridized carbons (Fsp3) is 0.400. The quantitative estimate of drug-likeness (QED) is 0.491. The second-order valence-electron chi connectivity index (χ2n) is 1.38. The van der Waals surface area contributed by atoms with Crippen molar-refractivity contribution >= 4 is 0 Å². The Labute approximate surface area is 38.1 Å². The van der Waals surface area contributed by atoms with Gasteiger partial charge in [0.25, 0.3) is 0 Å². The molecule has 0 bridgehead atoms. The molecule has 0 aliphatic heterocycles. The van der Waals surface area contributed by atoms with Crippen LogP contribution in [0.1, 0.15) is 6.42 Å². The summed E-state index contributed by atoms with van der Waals surface area (Å²) >= 11 is 0. The van der Waals surface area contributed by atoms with Gasteiger partial charge in [0.05, 0.1) is 6.04 Å². The number of nitrogens with one attached hydrogen (secondary N) is 1. The van der Waals surface area contributed by atoms with Crippen LogP contribution in [0.25, 0.3) is 0 Å². The molecule has 6 heavy (non-hydrogen) atoms. The maximum Gasteiger partial charge on any atom is 0.0620 e. The van der Waals surface area contributed by atoms with Crippen LogP contribution < -0.4 is 5.32 Å². The molecule has 0 aromatic carbocycles. The zero-order valence-corrected chi connectivity index (χ0v) is 3.86. The van der Waals surface area contributed by atoms with Gasteiger partial charge in [0.15, 0.2) is 0 Å². The van der Waals surface area contributed by atoms with Crippen LogP contribution in [0.2, 0.25) is 0 Å². The van der Waals surface area contributed by atoms with Crippen molar-refractivity contribution in [2.24, 2.45) is 0 Å². The van der Waals surface area contributed by atoms with Crippen molar-refractivity contribution in [3.05, 3.63) is 18.2 Å². The van der Waals surface area contributed by atoms with Crippen LogP contribution >= 0.6 is 0 Å². The van der Waals surface area contributed by atoms with Crippen molar-refractivity contribution in [1.29, 1.82) is 0 Å². The highest BCUT2D eigenvalue weighted by molar-refractivity contribution is 5.20. The van der Waals surface area contributed by atoms with Crippen LogP contribution in [0.5, 0.6) is 0 Å². The predicted molar refractivity (Wildman–Crippen MR) is 26.1 cm³/mol. The van der Waals surface area contributed by atoms with E-state index < -0.39 is 0 Å². The van der Waals surface area contributed by atoms with Gasteiger partial charge < -0.3 is 5.32 Å². The highest BCUT2D eigenvalue weighted by Crippen LogP contribution is 2.13. The lowest BCUT2D eigenvalue weighted by atomic mass is 10.1. The molecule has 1 nitrogen and oxygen atoms in total. The molecular weight excluding hydrogens is 74.1 g/mol. The first-order chi connectivity index (χ1) is 2.93. The summed E-state index contributed by atoms with van der Waals surface area (Å²) in [6.07, 6.45) is 5.35. The van der Waals surface area contributed by atoms with Gasteiger partial charge in [-0.25, -0.2) is 0 Å². The smallest absolute Gasteiger partial charge is 0.0620 e. The highest BCUT2D eigenvalue weighted by Gasteiger charge is 2.04. The van der Waals surface area contributed by atoms with Gasteiger partial charge in [-0.05, 0) is 13.5 Å². The average Bonchev–Trinajstić information content (AvgIpc) is 1.31. The first-order valence-corrected chi connectivity index (χ1v) is 2.13. The molecule has 33 valence electrons. The molecule has 0 unspecified atom stereocenters. The Balaban J connectivity index is 2.21. The van der Waals surface area contributed by atoms with Crippen LogP contribution in [0.15, 0.2) is 12.2 Å². The Morgan fingerprint density at radius 1 is 1.83 bits per heavy atom. The summed E-state index contributed by atoms with van der Waals surface area (Å²) in [4.78, 5) is 0. The first kappa shape index (κ1) is 3.88. The molecule has 0 aromatic rings. The normalized spacial score (nSPS) is 20.8. The van der Waals surface area contributed by atoms with Gasteiger partial charge >= 0.3 is 0 Å². The Kier molecular flexibility index (Phi) is 0.926. The second-order valence-corrected chi connectivity index (χ2v) is 1.38. The standard InChI is InChI=1S/C5H8N/c1-6-5-3-2-4-5/h2-3,6H,4H2,1H3. The van der Waals surface area contributed by atoms with Gasteiger partial charge in [-0.1, -0.05) is 12.2 Å². The summed E-state index contributed by atoms with van der Waals surface area (Å²) in [5.74, 6) is 0. The average molecular weight is 82.1 g/mol. The van der Waals surface area contributed by atoms with Crippen molar-refractivity contribution < 1.29 is 0 Å². The van der Waals surface area contributed by atoms with Gasteiger partial charge in [-0.2, -0.15) is 0 Å². The van der Waals surface area contributed by atoms with E-state index in [2.05, 4.69) is 17.5 Å². The summed E-state index contributed by atoms with van der Waals surface area (Å²) < 4.78 is 0. The lowest BCUT2D eigenvalue weighted by molar-refractivity contribution is 0.789. The van der Waals surface area contributed by atoms with Crippen molar-refractivity contribution in [2.75, 3.05) is 7.05 Å². The van der Waals surface area contributed by atoms with Crippen LogP contribution in [-0.4, -0.2) is 7.05 Å². The molecular formula is C5H8N. The molecule has 0 saturated heterocycles. The van der Waals surface area contributed by atoms with Crippen LogP contribution in [-0.2, 0) is 0 Å². The third-order valence-electron chi connectivity index (χ3n) is 0.978. The molecule has 1 heteroatoms. The predicted octanol–water partition coefficient (Wildman–Crippen LogP) is 0.698. The van der Waals surface area contributed by atoms with E-state index in [4.69, 9.17) is 0 Å². The zero-order chi connectivity index (χ0) is 4.41. The Hall–Kier alpha value is -0.300. The molecule has 1 N–H and O–H groups in total. The molecule has 1 radical (unpaired) electrons. The largest absolute Gasteiger partial charge is 0.309 e. The van der Waals surface area contributed by atoms with Gasteiger partial charge in [0, 0.05) is 0 Å². The lowest BCUT2D eigenvalue weighted by Crippen LogP contribution is -2.16. The van der Waals surface area contributed by atoms with Crippen molar-refractivity contribution in [3.8, 4) is 0 Å². The first-order valence-electron chi connectivity index (χ1n) is 2.13. The fourth-order valence-electron chi connectivity index (χ4n) is 0.421. The number of rotatable bonds is 1. The highest BCUT2D eigenvalue weighted by atomic mass is 14.9. The van der Waals surface area contributed by atoms with E-state index in [9.17, 15) is 0 Å². The summed E-state index contributed by atoms with van der Waals surface area (Å²) in [5, 5.41) is 3.03. The molecule has 0 atom stereocenters. The van der Waals surface area contributed by atoms with E-state index in [-0.39, 0.29) is 0 Å². The topological polar surface area (TPSA) is 12.0 Å². The van der Waals surface area contributed by atoms with E-state index in [1.165, 1.54) is 6.04 Å². The van der Waals surface area contributed by atoms with Crippen molar-refractivity contribution in [1.82, 2.24) is 5.32 Å². The van der Waals surface area contributed by atoms with Crippen LogP contribution in [0.4, 0.5) is 0 Å². The van der Waals surface area contributed by atoms with E-state index in [1.807, 2.05) is 7.05 Å². The molecule has 1 aliphatic carbocycles. The number of hydrogen-bond acceptors (Lipinski definition) is 1. The van der Waals surface area contributed by atoms with Crippen molar-refractivity contribution in [2.45, 2.75) is 6.42 Å². The summed E-state index contributed by atoms with van der Waals surface area (Å²) in [6, 6.07) is 1.34. The molecule has 0 fully saturated rings. The maximum absolute atomic E-state index is 3.03. The van der Waals surface area contributed by atoms with Crippen LogP contribution in [0.3, 0.4) is 0 Å². The summed E-state index contributed by atoms with van der Waals surface area (Å²) in [6.45, 7) is 0. The molecule has 1 rings (SSSR count). The lowest BCUT2D eigenvalue weighted by Gasteiger charge is -2.13. The molecule has 0 aromatic heterocycles. The van der Waals surface area contributed by atoms with Gasteiger partial charge in [-0.15, -0.1) is 0 Å². The second kappa shape index (κ2) is 1.43. The minimum Gasteiger partial charge on any atom is -0.309 e. The third kappa shape index (κ3) is 0.455. The minimum atomic E-state index is 1.14. The van der Waals surface area contributed by atoms with Crippen LogP contribution in [0, 0.1) is 6.04 Å². The summed E-state index contributed by atoms with van der Waals surface area (Å²) in [5.41, 5.74) is 0. The van der Waals surface area contributed by atoms with Gasteiger partial charge in [0.2, 0.25) is 0 Å². The number of likely N-dealkylation sites (N-methyl/N-ethyl adjacent to an activating group) is 1. The molecule has 0 amide bonds. The van der Waals surface area contributed by atoms with E-state index in [1.54, 1.807) is 0 Å². The number of hydrogen-bond donors (Lipinski definition) is 1. The summed E-state index contributed by atoms with van der Waals surface area (Å²) in [7, 11) is 1.94. The molecule has 1 aliphatic rings. The third-order valence-corrected chi connectivity index (χ3v) is 0.978. The molecule has 0 heterocycles. The zero-order valence-electron chi connectivity index (χ0n) is 3.86. The van der Waals surface area contributed by atoms with Crippen molar-refractivity contribution in [3.63, 3.8) is 0 Å². The molecule has 0 saturated carbocycles. The Morgan fingerprint density at radius 2 is 2.50 bits per heavy atom. The maximum atomic E-state index is 3.03. The van der Waals surface area contributed by atoms with Gasteiger partial charge in [0.1, 0.15) is 0 Å². The van der Waals surface area contributed by atoms with E-state index >= 15 is 0 Å². The Morgan fingerprint density at radius 3 is 2.50 bits per heavy atom. The SMILES string of the molecule is CN[C]1C=CC1. The van der Waals surface area contributed by atoms with E-state index in [0.29, 0.717) is 0 Å². The fourth-order valence-corrected chi connectivity index (χ4v) is 0.421. The van der Waals surface area contributed by atoms with E-state index in [0.717, 1.165) is 6.42 Å².